The molecule has 0 aromatic heterocycles. The van der Waals surface area contributed by atoms with Crippen LogP contribution in [0.15, 0.2) is 6.07 Å². The summed E-state index contributed by atoms with van der Waals surface area (Å²) in [4.78, 5) is 36.6. The van der Waals surface area contributed by atoms with Crippen LogP contribution in [-0.2, 0) is 27.2 Å². The number of Topliss-reactive ketones (excluding diaryl/α,β-unsaturated/α-hetero) is 1. The molecule has 0 spiro atoms. The number of carbonyl (C=O) groups is 3. The molecule has 1 aromatic carbocycles. The molecule has 3 rings (SSSR count). The third-order valence-corrected chi connectivity index (χ3v) is 6.64. The molecule has 1 aromatic rings. The highest BCUT2D eigenvalue weighted by atomic mass is 16.6. The Morgan fingerprint density at radius 1 is 1.07 bits per heavy atom. The van der Waals surface area contributed by atoms with Crippen LogP contribution in [-0.4, -0.2) is 17.7 Å². The molecule has 0 amide bonds. The minimum atomic E-state index is -0.461. The minimum absolute atomic E-state index is 0.0903. The number of benzene rings is 1. The third-order valence-electron chi connectivity index (χ3n) is 6.64. The van der Waals surface area contributed by atoms with E-state index in [-0.39, 0.29) is 23.0 Å². The molecule has 5 heteroatoms. The van der Waals surface area contributed by atoms with Gasteiger partial charge in [-0.05, 0) is 48.5 Å². The smallest absolute Gasteiger partial charge is 0.308 e. The zero-order chi connectivity index (χ0) is 21.5. The van der Waals surface area contributed by atoms with Crippen LogP contribution in [0, 0.1) is 17.3 Å². The van der Waals surface area contributed by atoms with E-state index in [2.05, 4.69) is 19.9 Å². The standard InChI is InChI=1S/C24H32O5/c1-13(2)17-11-16-7-8-20-19(21(27)9-10-24(20,5)6)12-18(16)23(29-15(4)26)22(17)28-14(3)25/h11,13,19-20H,7-10,12H2,1-6H3. The molecule has 2 unspecified atom stereocenters. The fourth-order valence-corrected chi connectivity index (χ4v) is 5.09. The maximum absolute atomic E-state index is 12.9. The van der Waals surface area contributed by atoms with Crippen molar-refractivity contribution in [1.82, 2.24) is 0 Å². The van der Waals surface area contributed by atoms with E-state index in [0.29, 0.717) is 30.3 Å². The van der Waals surface area contributed by atoms with Crippen LogP contribution in [0.2, 0.25) is 0 Å². The van der Waals surface area contributed by atoms with Gasteiger partial charge >= 0.3 is 11.9 Å². The number of hydrogen-bond donors (Lipinski definition) is 0. The second kappa shape index (κ2) is 7.92. The first-order valence-electron chi connectivity index (χ1n) is 10.6. The quantitative estimate of drug-likeness (QED) is 0.540. The Morgan fingerprint density at radius 2 is 1.69 bits per heavy atom. The Balaban J connectivity index is 2.20. The summed E-state index contributed by atoms with van der Waals surface area (Å²) in [6, 6.07) is 2.08. The van der Waals surface area contributed by atoms with Crippen LogP contribution in [0.4, 0.5) is 0 Å². The predicted octanol–water partition coefficient (Wildman–Crippen LogP) is 4.77. The van der Waals surface area contributed by atoms with E-state index in [1.165, 1.54) is 13.8 Å². The van der Waals surface area contributed by atoms with E-state index >= 15 is 0 Å². The van der Waals surface area contributed by atoms with Gasteiger partial charge in [-0.2, -0.15) is 0 Å². The van der Waals surface area contributed by atoms with Gasteiger partial charge in [0, 0.05) is 37.3 Å². The van der Waals surface area contributed by atoms with E-state index in [9.17, 15) is 14.4 Å². The van der Waals surface area contributed by atoms with Crippen molar-refractivity contribution >= 4 is 17.7 Å². The molecule has 2 aliphatic carbocycles. The summed E-state index contributed by atoms with van der Waals surface area (Å²) >= 11 is 0. The minimum Gasteiger partial charge on any atom is -0.422 e. The van der Waals surface area contributed by atoms with Crippen LogP contribution >= 0.6 is 0 Å². The van der Waals surface area contributed by atoms with Crippen molar-refractivity contribution in [1.29, 1.82) is 0 Å². The first kappa shape index (κ1) is 21.5. The number of ketones is 1. The molecule has 1 fully saturated rings. The molecule has 29 heavy (non-hydrogen) atoms. The van der Waals surface area contributed by atoms with Crippen LogP contribution in [0.3, 0.4) is 0 Å². The van der Waals surface area contributed by atoms with E-state index in [1.54, 1.807) is 0 Å². The van der Waals surface area contributed by atoms with Crippen molar-refractivity contribution < 1.29 is 23.9 Å². The van der Waals surface area contributed by atoms with Gasteiger partial charge < -0.3 is 9.47 Å². The first-order valence-corrected chi connectivity index (χ1v) is 10.6. The van der Waals surface area contributed by atoms with Gasteiger partial charge in [-0.3, -0.25) is 14.4 Å². The number of aryl methyl sites for hydroxylation is 1. The molecule has 158 valence electrons. The van der Waals surface area contributed by atoms with E-state index < -0.39 is 11.9 Å². The molecule has 0 bridgehead atoms. The SMILES string of the molecule is CC(=O)Oc1c(C(C)C)cc2c(c1OC(C)=O)CC1C(=O)CCC(C)(C)C1CC2. The summed E-state index contributed by atoms with van der Waals surface area (Å²) in [6.45, 7) is 11.2. The zero-order valence-corrected chi connectivity index (χ0v) is 18.4. The lowest BCUT2D eigenvalue weighted by molar-refractivity contribution is -0.134. The van der Waals surface area contributed by atoms with Crippen molar-refractivity contribution in [3.63, 3.8) is 0 Å². The van der Waals surface area contributed by atoms with E-state index in [4.69, 9.17) is 9.47 Å². The molecular formula is C24H32O5. The number of esters is 2. The van der Waals surface area contributed by atoms with Gasteiger partial charge in [0.25, 0.3) is 0 Å². The lowest BCUT2D eigenvalue weighted by Crippen LogP contribution is -2.40. The molecule has 2 atom stereocenters. The summed E-state index contributed by atoms with van der Waals surface area (Å²) in [5.74, 6) is 0.309. The van der Waals surface area contributed by atoms with Crippen molar-refractivity contribution in [2.75, 3.05) is 0 Å². The molecule has 0 aliphatic heterocycles. The Hall–Kier alpha value is -2.17. The number of carbonyl (C=O) groups excluding carboxylic acids is 3. The Kier molecular flexibility index (Phi) is 5.88. The lowest BCUT2D eigenvalue weighted by Gasteiger charge is -2.42. The Morgan fingerprint density at radius 3 is 2.28 bits per heavy atom. The number of ether oxygens (including phenoxy) is 2. The van der Waals surface area contributed by atoms with E-state index in [1.807, 2.05) is 13.8 Å². The monoisotopic (exact) mass is 400 g/mol. The fraction of sp³-hybridized carbons (Fsp3) is 0.625. The second-order valence-electron chi connectivity index (χ2n) is 9.51. The van der Waals surface area contributed by atoms with Gasteiger partial charge in [-0.1, -0.05) is 33.8 Å². The van der Waals surface area contributed by atoms with Gasteiger partial charge in [0.05, 0.1) is 0 Å². The molecule has 0 N–H and O–H groups in total. The molecule has 2 aliphatic rings. The largest absolute Gasteiger partial charge is 0.422 e. The normalized spacial score (nSPS) is 23.1. The van der Waals surface area contributed by atoms with E-state index in [0.717, 1.165) is 36.0 Å². The Bertz CT molecular complexity index is 849. The Labute approximate surface area is 173 Å². The third kappa shape index (κ3) is 4.24. The molecule has 1 saturated carbocycles. The number of fused-ring (bicyclic) bond motifs is 2. The average Bonchev–Trinajstić information content (AvgIpc) is 2.80. The zero-order valence-electron chi connectivity index (χ0n) is 18.4. The fourth-order valence-electron chi connectivity index (χ4n) is 5.09. The predicted molar refractivity (Wildman–Crippen MR) is 110 cm³/mol. The van der Waals surface area contributed by atoms with Gasteiger partial charge in [0.2, 0.25) is 0 Å². The van der Waals surface area contributed by atoms with Crippen molar-refractivity contribution in [2.24, 2.45) is 17.3 Å². The van der Waals surface area contributed by atoms with Crippen molar-refractivity contribution in [2.45, 2.75) is 79.6 Å². The highest BCUT2D eigenvalue weighted by Crippen LogP contribution is 2.51. The van der Waals surface area contributed by atoms with Gasteiger partial charge in [0.15, 0.2) is 11.5 Å². The van der Waals surface area contributed by atoms with Gasteiger partial charge in [0.1, 0.15) is 5.78 Å². The van der Waals surface area contributed by atoms with Crippen LogP contribution in [0.5, 0.6) is 11.5 Å². The summed E-state index contributed by atoms with van der Waals surface area (Å²) in [5, 5.41) is 0. The van der Waals surface area contributed by atoms with Crippen LogP contribution < -0.4 is 9.47 Å². The highest BCUT2D eigenvalue weighted by molar-refractivity contribution is 5.83. The summed E-state index contributed by atoms with van der Waals surface area (Å²) in [7, 11) is 0. The second-order valence-corrected chi connectivity index (χ2v) is 9.51. The highest BCUT2D eigenvalue weighted by Gasteiger charge is 2.45. The molecule has 0 radical (unpaired) electrons. The van der Waals surface area contributed by atoms with Gasteiger partial charge in [-0.25, -0.2) is 0 Å². The van der Waals surface area contributed by atoms with Crippen molar-refractivity contribution in [3.8, 4) is 11.5 Å². The summed E-state index contributed by atoms with van der Waals surface area (Å²) in [6.07, 6.45) is 3.78. The summed E-state index contributed by atoms with van der Waals surface area (Å²) < 4.78 is 11.2. The first-order chi connectivity index (χ1) is 13.5. The topological polar surface area (TPSA) is 69.7 Å². The van der Waals surface area contributed by atoms with Crippen LogP contribution in [0.25, 0.3) is 0 Å². The number of hydrogen-bond acceptors (Lipinski definition) is 5. The molecule has 5 nitrogen and oxygen atoms in total. The van der Waals surface area contributed by atoms with Crippen molar-refractivity contribution in [3.05, 3.63) is 22.8 Å². The van der Waals surface area contributed by atoms with Gasteiger partial charge in [-0.15, -0.1) is 0 Å². The average molecular weight is 401 g/mol. The summed E-state index contributed by atoms with van der Waals surface area (Å²) in [5.41, 5.74) is 2.89. The number of rotatable bonds is 3. The van der Waals surface area contributed by atoms with Crippen LogP contribution in [0.1, 0.15) is 83.4 Å². The molecular weight excluding hydrogens is 368 g/mol. The maximum atomic E-state index is 12.9. The maximum Gasteiger partial charge on any atom is 0.308 e. The lowest BCUT2D eigenvalue weighted by atomic mass is 9.61. The molecule has 0 heterocycles. The molecule has 0 saturated heterocycles.